The lowest BCUT2D eigenvalue weighted by molar-refractivity contribution is -0.135. The fourth-order valence-electron chi connectivity index (χ4n) is 3.98. The van der Waals surface area contributed by atoms with Crippen LogP contribution in [0.4, 0.5) is 5.69 Å². The Morgan fingerprint density at radius 2 is 1.69 bits per heavy atom. The molecule has 1 amide bonds. The van der Waals surface area contributed by atoms with E-state index in [1.54, 1.807) is 35.2 Å². The number of ether oxygens (including phenoxy) is 1. The molecule has 1 heterocycles. The number of sulfonamides is 1. The number of carbonyl (C=O) groups is 2. The van der Waals surface area contributed by atoms with Crippen molar-refractivity contribution in [2.24, 2.45) is 0 Å². The molecule has 0 saturated heterocycles. The average Bonchev–Trinajstić information content (AvgIpc) is 2.90. The maximum atomic E-state index is 13.3. The van der Waals surface area contributed by atoms with Gasteiger partial charge in [0.05, 0.1) is 22.7 Å². The van der Waals surface area contributed by atoms with E-state index in [1.165, 1.54) is 40.2 Å². The molecule has 3 aromatic carbocycles. The summed E-state index contributed by atoms with van der Waals surface area (Å²) in [7, 11) is -3.97. The van der Waals surface area contributed by atoms with Gasteiger partial charge in [0.2, 0.25) is 0 Å². The van der Waals surface area contributed by atoms with E-state index in [1.807, 2.05) is 24.3 Å². The lowest BCUT2D eigenvalue weighted by Gasteiger charge is -2.28. The maximum absolute atomic E-state index is 13.3. The van der Waals surface area contributed by atoms with Crippen LogP contribution < -0.4 is 4.31 Å². The Labute approximate surface area is 205 Å². The van der Waals surface area contributed by atoms with Crippen LogP contribution in [-0.4, -0.2) is 44.9 Å². The van der Waals surface area contributed by atoms with E-state index in [9.17, 15) is 18.0 Å². The van der Waals surface area contributed by atoms with Crippen molar-refractivity contribution >= 4 is 27.6 Å². The molecule has 0 saturated carbocycles. The molecule has 180 valence electrons. The Bertz CT molecular complexity index is 1340. The van der Waals surface area contributed by atoms with Crippen LogP contribution in [-0.2, 0) is 32.5 Å². The predicted molar refractivity (Wildman–Crippen MR) is 133 cm³/mol. The van der Waals surface area contributed by atoms with Crippen LogP contribution in [0.25, 0.3) is 0 Å². The van der Waals surface area contributed by atoms with Crippen molar-refractivity contribution in [3.05, 3.63) is 108 Å². The monoisotopic (exact) mass is 490 g/mol. The van der Waals surface area contributed by atoms with Crippen LogP contribution in [0.5, 0.6) is 0 Å². The first-order valence-electron chi connectivity index (χ1n) is 11.2. The van der Waals surface area contributed by atoms with E-state index in [4.69, 9.17) is 4.74 Å². The third-order valence-electron chi connectivity index (χ3n) is 5.81. The average molecular weight is 491 g/mol. The predicted octanol–water partition coefficient (Wildman–Crippen LogP) is 3.81. The van der Waals surface area contributed by atoms with Gasteiger partial charge in [-0.05, 0) is 47.9 Å². The second kappa shape index (κ2) is 10.6. The van der Waals surface area contributed by atoms with Gasteiger partial charge in [0.25, 0.3) is 15.9 Å². The highest BCUT2D eigenvalue weighted by molar-refractivity contribution is 7.92. The zero-order chi connectivity index (χ0) is 24.8. The fraction of sp³-hybridized carbons (Fsp3) is 0.185. The van der Waals surface area contributed by atoms with E-state index in [0.717, 1.165) is 12.0 Å². The summed E-state index contributed by atoms with van der Waals surface area (Å²) in [6.45, 7) is 4.33. The molecule has 0 unspecified atom stereocenters. The lowest BCUT2D eigenvalue weighted by atomic mass is 10.00. The van der Waals surface area contributed by atoms with E-state index in [2.05, 4.69) is 6.58 Å². The summed E-state index contributed by atoms with van der Waals surface area (Å²) in [5.74, 6) is -1.05. The Balaban J connectivity index is 1.45. The molecule has 0 N–H and O–H groups in total. The van der Waals surface area contributed by atoms with E-state index < -0.39 is 22.6 Å². The summed E-state index contributed by atoms with van der Waals surface area (Å²) in [6.07, 6.45) is 2.24. The number of para-hydroxylation sites is 1. The smallest absolute Gasteiger partial charge is 0.338 e. The van der Waals surface area contributed by atoms with Crippen LogP contribution in [0, 0.1) is 0 Å². The molecule has 8 heteroatoms. The third kappa shape index (κ3) is 5.44. The first-order chi connectivity index (χ1) is 16.9. The van der Waals surface area contributed by atoms with Gasteiger partial charge in [-0.1, -0.05) is 54.6 Å². The quantitative estimate of drug-likeness (QED) is 0.354. The molecule has 0 aliphatic carbocycles. The Morgan fingerprint density at radius 3 is 2.43 bits per heavy atom. The Hall–Kier alpha value is -3.91. The van der Waals surface area contributed by atoms with Crippen molar-refractivity contribution < 1.29 is 22.7 Å². The highest BCUT2D eigenvalue weighted by atomic mass is 32.2. The van der Waals surface area contributed by atoms with Crippen LogP contribution in [0.2, 0.25) is 0 Å². The number of hydrogen-bond acceptors (Lipinski definition) is 5. The summed E-state index contributed by atoms with van der Waals surface area (Å²) in [5, 5.41) is 0. The number of amides is 1. The normalized spacial score (nSPS) is 13.0. The van der Waals surface area contributed by atoms with Crippen molar-refractivity contribution in [3.63, 3.8) is 0 Å². The molecule has 7 nitrogen and oxygen atoms in total. The molecule has 4 rings (SSSR count). The number of esters is 1. The molecule has 1 aliphatic rings. The number of hydrogen-bond donors (Lipinski definition) is 0. The van der Waals surface area contributed by atoms with Gasteiger partial charge in [0, 0.05) is 13.1 Å². The SMILES string of the molecule is C=CCN(c1ccccc1)S(=O)(=O)c1cccc(C(=O)OCC(=O)N2CCc3ccccc3C2)c1. The number of anilines is 1. The van der Waals surface area contributed by atoms with Crippen LogP contribution in [0.15, 0.2) is 96.4 Å². The number of benzene rings is 3. The molecule has 0 bridgehead atoms. The maximum Gasteiger partial charge on any atom is 0.338 e. The number of fused-ring (bicyclic) bond motifs is 1. The fourth-order valence-corrected chi connectivity index (χ4v) is 5.46. The molecule has 0 fully saturated rings. The number of carbonyl (C=O) groups excluding carboxylic acids is 2. The topological polar surface area (TPSA) is 84.0 Å². The third-order valence-corrected chi connectivity index (χ3v) is 7.60. The highest BCUT2D eigenvalue weighted by Gasteiger charge is 2.26. The Morgan fingerprint density at radius 1 is 0.971 bits per heavy atom. The van der Waals surface area contributed by atoms with Crippen molar-refractivity contribution in [1.82, 2.24) is 4.90 Å². The summed E-state index contributed by atoms with van der Waals surface area (Å²) >= 11 is 0. The highest BCUT2D eigenvalue weighted by Crippen LogP contribution is 2.24. The minimum Gasteiger partial charge on any atom is -0.452 e. The van der Waals surface area contributed by atoms with Crippen LogP contribution >= 0.6 is 0 Å². The molecule has 35 heavy (non-hydrogen) atoms. The molecular weight excluding hydrogens is 464 g/mol. The minimum absolute atomic E-state index is 0.0504. The van der Waals surface area contributed by atoms with Gasteiger partial charge in [0.1, 0.15) is 0 Å². The molecule has 1 aliphatic heterocycles. The largest absolute Gasteiger partial charge is 0.452 e. The molecular formula is C27H26N2O5S. The van der Waals surface area contributed by atoms with Gasteiger partial charge >= 0.3 is 5.97 Å². The second-order valence-corrected chi connectivity index (χ2v) is 9.96. The van der Waals surface area contributed by atoms with E-state index in [-0.39, 0.29) is 22.9 Å². The van der Waals surface area contributed by atoms with Gasteiger partial charge < -0.3 is 9.64 Å². The van der Waals surface area contributed by atoms with Crippen molar-refractivity contribution in [1.29, 1.82) is 0 Å². The van der Waals surface area contributed by atoms with Gasteiger partial charge in [-0.2, -0.15) is 0 Å². The lowest BCUT2D eigenvalue weighted by Crippen LogP contribution is -2.38. The zero-order valence-electron chi connectivity index (χ0n) is 19.2. The van der Waals surface area contributed by atoms with Crippen molar-refractivity contribution in [2.75, 3.05) is 24.0 Å². The standard InChI is InChI=1S/C27H26N2O5S/c1-2-16-29(24-12-4-3-5-13-24)35(32,33)25-14-8-11-22(18-25)27(31)34-20-26(30)28-17-15-21-9-6-7-10-23(21)19-28/h2-14,18H,1,15-17,19-20H2. The molecule has 0 radical (unpaired) electrons. The summed E-state index contributed by atoms with van der Waals surface area (Å²) < 4.78 is 33.1. The van der Waals surface area contributed by atoms with E-state index >= 15 is 0 Å². The Kier molecular flexibility index (Phi) is 7.31. The van der Waals surface area contributed by atoms with Gasteiger partial charge in [-0.3, -0.25) is 9.10 Å². The summed E-state index contributed by atoms with van der Waals surface area (Å²) in [4.78, 5) is 26.9. The van der Waals surface area contributed by atoms with Crippen molar-refractivity contribution in [3.8, 4) is 0 Å². The zero-order valence-corrected chi connectivity index (χ0v) is 20.0. The minimum atomic E-state index is -3.97. The first-order valence-corrected chi connectivity index (χ1v) is 12.6. The van der Waals surface area contributed by atoms with Crippen LogP contribution in [0.1, 0.15) is 21.5 Å². The van der Waals surface area contributed by atoms with Gasteiger partial charge in [-0.25, -0.2) is 13.2 Å². The van der Waals surface area contributed by atoms with Crippen LogP contribution in [0.3, 0.4) is 0 Å². The first kappa shape index (κ1) is 24.2. The molecule has 0 atom stereocenters. The van der Waals surface area contributed by atoms with Crippen molar-refractivity contribution in [2.45, 2.75) is 17.9 Å². The number of nitrogens with zero attached hydrogens (tertiary/aromatic N) is 2. The van der Waals surface area contributed by atoms with Gasteiger partial charge in [-0.15, -0.1) is 6.58 Å². The summed E-state index contributed by atoms with van der Waals surface area (Å²) in [5.41, 5.74) is 2.83. The van der Waals surface area contributed by atoms with E-state index in [0.29, 0.717) is 18.8 Å². The molecule has 0 spiro atoms. The summed E-state index contributed by atoms with van der Waals surface area (Å²) in [6, 6.07) is 22.2. The second-order valence-electron chi connectivity index (χ2n) is 8.10. The number of rotatable bonds is 8. The molecule has 3 aromatic rings. The van der Waals surface area contributed by atoms with Gasteiger partial charge in [0.15, 0.2) is 6.61 Å². The molecule has 0 aromatic heterocycles.